The summed E-state index contributed by atoms with van der Waals surface area (Å²) in [4.78, 5) is 43.5. The molecule has 8 nitrogen and oxygen atoms in total. The van der Waals surface area contributed by atoms with Crippen LogP contribution in [0.25, 0.3) is 21.9 Å². The molecule has 1 unspecified atom stereocenters. The Morgan fingerprint density at radius 3 is 2.72 bits per heavy atom. The molecule has 8 heteroatoms. The van der Waals surface area contributed by atoms with Gasteiger partial charge in [0.05, 0.1) is 13.7 Å². The predicted molar refractivity (Wildman–Crippen MR) is 149 cm³/mol. The number of nitrogens with one attached hydrogen (secondary N) is 1. The number of ether oxygens (including phenoxy) is 2. The van der Waals surface area contributed by atoms with Crippen molar-refractivity contribution in [2.24, 2.45) is 0 Å². The highest BCUT2D eigenvalue weighted by molar-refractivity contribution is 5.90. The van der Waals surface area contributed by atoms with Gasteiger partial charge in [0.2, 0.25) is 0 Å². The molecule has 0 radical (unpaired) electrons. The Bertz CT molecular complexity index is 1580. The number of unbranched alkanes of at least 4 members (excludes halogenated alkanes) is 3. The smallest absolute Gasteiger partial charge is 0.339 e. The second-order valence-electron chi connectivity index (χ2n) is 10.1. The summed E-state index contributed by atoms with van der Waals surface area (Å²) >= 11 is 0. The van der Waals surface area contributed by atoms with E-state index in [-0.39, 0.29) is 24.7 Å². The number of carbonyl (C=O) groups excluding carboxylic acids is 2. The molecule has 0 spiro atoms. The number of methoxy groups -OCH3 is 1. The maximum absolute atomic E-state index is 13.3. The molecule has 0 saturated heterocycles. The van der Waals surface area contributed by atoms with E-state index in [1.54, 1.807) is 12.1 Å². The first kappa shape index (κ1) is 26.5. The topological polar surface area (TPSA) is 102 Å². The van der Waals surface area contributed by atoms with E-state index >= 15 is 0 Å². The van der Waals surface area contributed by atoms with Gasteiger partial charge >= 0.3 is 11.6 Å². The van der Waals surface area contributed by atoms with Crippen molar-refractivity contribution >= 4 is 33.7 Å². The molecule has 1 N–H and O–H groups in total. The van der Waals surface area contributed by atoms with E-state index in [9.17, 15) is 14.4 Å². The minimum Gasteiger partial charge on any atom is -0.484 e. The molecule has 0 saturated carbocycles. The lowest BCUT2D eigenvalue weighted by atomic mass is 9.96. The van der Waals surface area contributed by atoms with Crippen LogP contribution in [0.3, 0.4) is 0 Å². The Kier molecular flexibility index (Phi) is 7.72. The number of hydrogen-bond donors (Lipinski definition) is 1. The van der Waals surface area contributed by atoms with Crippen molar-refractivity contribution in [3.63, 3.8) is 0 Å². The molecule has 0 fully saturated rings. The number of esters is 1. The van der Waals surface area contributed by atoms with E-state index in [1.807, 2.05) is 37.3 Å². The van der Waals surface area contributed by atoms with Crippen molar-refractivity contribution in [3.8, 4) is 5.75 Å². The quantitative estimate of drug-likeness (QED) is 0.181. The summed E-state index contributed by atoms with van der Waals surface area (Å²) in [5, 5.41) is 1.90. The summed E-state index contributed by atoms with van der Waals surface area (Å²) in [6.45, 7) is 4.08. The number of rotatable bonds is 9. The van der Waals surface area contributed by atoms with Crippen LogP contribution in [0.15, 0.2) is 51.7 Å². The van der Waals surface area contributed by atoms with Crippen molar-refractivity contribution in [1.82, 2.24) is 9.88 Å². The van der Waals surface area contributed by atoms with Crippen molar-refractivity contribution in [2.75, 3.05) is 13.7 Å². The number of nitrogens with zero attached hydrogens (tertiary/aromatic N) is 1. The first-order valence-electron chi connectivity index (χ1n) is 13.6. The van der Waals surface area contributed by atoms with Gasteiger partial charge in [-0.15, -0.1) is 0 Å². The lowest BCUT2D eigenvalue weighted by Gasteiger charge is -2.33. The van der Waals surface area contributed by atoms with E-state index in [2.05, 4.69) is 11.9 Å². The minimum absolute atomic E-state index is 0.249. The molecule has 0 bridgehead atoms. The first-order valence-corrected chi connectivity index (χ1v) is 13.6. The molecule has 39 heavy (non-hydrogen) atoms. The van der Waals surface area contributed by atoms with E-state index in [0.717, 1.165) is 64.4 Å². The number of amides is 1. The third-order valence-electron chi connectivity index (χ3n) is 7.70. The molecule has 4 aromatic rings. The summed E-state index contributed by atoms with van der Waals surface area (Å²) < 4.78 is 16.5. The van der Waals surface area contributed by atoms with Gasteiger partial charge in [-0.3, -0.25) is 4.79 Å². The highest BCUT2D eigenvalue weighted by atomic mass is 16.5. The highest BCUT2D eigenvalue weighted by Gasteiger charge is 2.37. The number of para-hydroxylation sites is 1. The van der Waals surface area contributed by atoms with Crippen LogP contribution in [0.5, 0.6) is 5.75 Å². The van der Waals surface area contributed by atoms with Crippen molar-refractivity contribution < 1.29 is 23.5 Å². The molecular weight excluding hydrogens is 496 g/mol. The van der Waals surface area contributed by atoms with Crippen LogP contribution in [0.2, 0.25) is 0 Å². The monoisotopic (exact) mass is 530 g/mol. The SMILES string of the molecule is CCCCCCc1c(C)c2ccc(OCC(=O)N3Cc4[nH]c5ccccc5c4CC3C(=O)OC)cc2oc1=O. The van der Waals surface area contributed by atoms with Gasteiger partial charge in [0.25, 0.3) is 5.91 Å². The van der Waals surface area contributed by atoms with Gasteiger partial charge in [-0.05, 0) is 49.1 Å². The average molecular weight is 531 g/mol. The minimum atomic E-state index is -0.745. The maximum atomic E-state index is 13.3. The lowest BCUT2D eigenvalue weighted by molar-refractivity contribution is -0.154. The van der Waals surface area contributed by atoms with Crippen LogP contribution in [-0.2, 0) is 33.7 Å². The number of benzene rings is 2. The first-order chi connectivity index (χ1) is 18.9. The van der Waals surface area contributed by atoms with Crippen LogP contribution < -0.4 is 10.4 Å². The second-order valence-corrected chi connectivity index (χ2v) is 10.1. The molecule has 0 aliphatic carbocycles. The molecule has 1 aliphatic heterocycles. The van der Waals surface area contributed by atoms with Gasteiger partial charge in [-0.25, -0.2) is 9.59 Å². The number of aryl methyl sites for hydroxylation is 1. The average Bonchev–Trinajstić information content (AvgIpc) is 3.31. The summed E-state index contributed by atoms with van der Waals surface area (Å²) in [5.41, 5.74) is 4.63. The zero-order chi connectivity index (χ0) is 27.5. The maximum Gasteiger partial charge on any atom is 0.339 e. The predicted octanol–water partition coefficient (Wildman–Crippen LogP) is 5.21. The van der Waals surface area contributed by atoms with E-state index in [1.165, 1.54) is 12.0 Å². The Morgan fingerprint density at radius 1 is 1.10 bits per heavy atom. The van der Waals surface area contributed by atoms with E-state index < -0.39 is 12.0 Å². The normalized spacial score (nSPS) is 14.9. The van der Waals surface area contributed by atoms with Gasteiger partial charge in [0, 0.05) is 40.0 Å². The standard InChI is InChI=1S/C31H34N2O6/c1-4-5-6-7-10-22-19(2)21-14-13-20(15-28(21)39-30(22)35)38-18-29(34)33-17-26-24(16-27(33)31(36)37-3)23-11-8-9-12-25(23)32-26/h8-9,11-15,27,32H,4-7,10,16-18H2,1-3H3. The van der Waals surface area contributed by atoms with Gasteiger partial charge in [0.1, 0.15) is 17.4 Å². The summed E-state index contributed by atoms with van der Waals surface area (Å²) in [6, 6.07) is 12.4. The van der Waals surface area contributed by atoms with Crippen molar-refractivity contribution in [1.29, 1.82) is 0 Å². The zero-order valence-electron chi connectivity index (χ0n) is 22.7. The number of H-pyrrole nitrogens is 1. The highest BCUT2D eigenvalue weighted by Crippen LogP contribution is 2.31. The molecule has 204 valence electrons. The molecule has 2 aromatic heterocycles. The largest absolute Gasteiger partial charge is 0.484 e. The number of aromatic nitrogens is 1. The molecule has 5 rings (SSSR count). The fourth-order valence-corrected chi connectivity index (χ4v) is 5.53. The van der Waals surface area contributed by atoms with Gasteiger partial charge in [0.15, 0.2) is 6.61 Å². The van der Waals surface area contributed by atoms with Gasteiger partial charge in [-0.2, -0.15) is 0 Å². The summed E-state index contributed by atoms with van der Waals surface area (Å²) in [6.07, 6.45) is 5.39. The van der Waals surface area contributed by atoms with Crippen LogP contribution in [0, 0.1) is 6.92 Å². The Hall–Kier alpha value is -4.07. The van der Waals surface area contributed by atoms with Crippen molar-refractivity contribution in [2.45, 2.75) is 65.0 Å². The number of aromatic amines is 1. The Balaban J connectivity index is 1.32. The van der Waals surface area contributed by atoms with Gasteiger partial charge in [-0.1, -0.05) is 44.4 Å². The summed E-state index contributed by atoms with van der Waals surface area (Å²) in [7, 11) is 1.33. The lowest BCUT2D eigenvalue weighted by Crippen LogP contribution is -2.50. The zero-order valence-corrected chi connectivity index (χ0v) is 22.7. The number of hydrogen-bond acceptors (Lipinski definition) is 6. The molecule has 3 heterocycles. The number of fused-ring (bicyclic) bond motifs is 4. The van der Waals surface area contributed by atoms with Crippen molar-refractivity contribution in [3.05, 3.63) is 75.3 Å². The Labute approximate surface area is 226 Å². The molecule has 1 amide bonds. The summed E-state index contributed by atoms with van der Waals surface area (Å²) in [5.74, 6) is -0.394. The fourth-order valence-electron chi connectivity index (χ4n) is 5.53. The van der Waals surface area contributed by atoms with E-state index in [4.69, 9.17) is 13.9 Å². The molecular formula is C31H34N2O6. The fraction of sp³-hybridized carbons (Fsp3) is 0.387. The number of carbonyl (C=O) groups is 2. The molecule has 1 atom stereocenters. The Morgan fingerprint density at radius 2 is 1.92 bits per heavy atom. The van der Waals surface area contributed by atoms with Crippen LogP contribution in [-0.4, -0.2) is 41.5 Å². The van der Waals surface area contributed by atoms with Crippen LogP contribution in [0.1, 0.15) is 55.0 Å². The molecule has 1 aliphatic rings. The molecule has 2 aromatic carbocycles. The van der Waals surface area contributed by atoms with Gasteiger partial charge < -0.3 is 23.8 Å². The van der Waals surface area contributed by atoms with Crippen LogP contribution in [0.4, 0.5) is 0 Å². The third-order valence-corrected chi connectivity index (χ3v) is 7.70. The second kappa shape index (κ2) is 11.4. The van der Waals surface area contributed by atoms with E-state index in [0.29, 0.717) is 24.2 Å². The third kappa shape index (κ3) is 5.28. The van der Waals surface area contributed by atoms with Crippen LogP contribution >= 0.6 is 0 Å².